The first kappa shape index (κ1) is 21.6. The Balaban J connectivity index is 0.00000280. The number of nitrogens with zero attached hydrogens (tertiary/aromatic N) is 1. The highest BCUT2D eigenvalue weighted by Gasteiger charge is 2.28. The number of ether oxygens (including phenoxy) is 1. The molecule has 1 atom stereocenters. The molecule has 7 heteroatoms. The van der Waals surface area contributed by atoms with E-state index in [2.05, 4.69) is 5.32 Å². The number of benzene rings is 2. The fourth-order valence-electron chi connectivity index (χ4n) is 3.31. The van der Waals surface area contributed by atoms with Crippen LogP contribution in [-0.2, 0) is 16.0 Å². The molecule has 1 aliphatic rings. The van der Waals surface area contributed by atoms with E-state index in [-0.39, 0.29) is 30.1 Å². The van der Waals surface area contributed by atoms with Gasteiger partial charge in [0.1, 0.15) is 5.75 Å². The second kappa shape index (κ2) is 9.99. The molecule has 150 valence electrons. The zero-order valence-electron chi connectivity index (χ0n) is 15.9. The summed E-state index contributed by atoms with van der Waals surface area (Å²) in [4.78, 5) is 27.1. The predicted octanol–water partition coefficient (Wildman–Crippen LogP) is 3.12. The van der Waals surface area contributed by atoms with Crippen molar-refractivity contribution in [1.82, 2.24) is 4.90 Å². The lowest BCUT2D eigenvalue weighted by molar-refractivity contribution is -0.133. The molecule has 0 saturated carbocycles. The number of nitrogens with one attached hydrogen (secondary N) is 1. The Kier molecular flexibility index (Phi) is 7.70. The molecule has 2 aromatic rings. The van der Waals surface area contributed by atoms with Crippen molar-refractivity contribution in [3.63, 3.8) is 0 Å². The highest BCUT2D eigenvalue weighted by Crippen LogP contribution is 2.26. The normalized spacial score (nSPS) is 16.0. The Bertz CT molecular complexity index is 814. The molecular formula is C21H26ClN3O3. The van der Waals surface area contributed by atoms with E-state index < -0.39 is 0 Å². The number of likely N-dealkylation sites (tertiary alicyclic amines) is 1. The fraction of sp³-hybridized carbons (Fsp3) is 0.333. The Labute approximate surface area is 171 Å². The van der Waals surface area contributed by atoms with Gasteiger partial charge in [0.05, 0.1) is 30.8 Å². The Morgan fingerprint density at radius 3 is 2.68 bits per heavy atom. The van der Waals surface area contributed by atoms with Crippen LogP contribution in [0, 0.1) is 5.92 Å². The number of nitrogen functional groups attached to an aromatic ring is 1. The summed E-state index contributed by atoms with van der Waals surface area (Å²) in [6.45, 7) is 1.12. The van der Waals surface area contributed by atoms with Gasteiger partial charge in [0.15, 0.2) is 0 Å². The second-order valence-corrected chi connectivity index (χ2v) is 6.78. The van der Waals surface area contributed by atoms with Gasteiger partial charge in [-0.1, -0.05) is 30.3 Å². The maximum absolute atomic E-state index is 12.7. The number of anilines is 2. The minimum atomic E-state index is -0.246. The predicted molar refractivity (Wildman–Crippen MR) is 113 cm³/mol. The maximum Gasteiger partial charge on any atom is 0.229 e. The summed E-state index contributed by atoms with van der Waals surface area (Å²) in [6.07, 6.45) is 1.93. The zero-order chi connectivity index (χ0) is 19.2. The minimum Gasteiger partial charge on any atom is -0.497 e. The van der Waals surface area contributed by atoms with Crippen LogP contribution in [0.15, 0.2) is 48.5 Å². The van der Waals surface area contributed by atoms with Crippen LogP contribution in [0.4, 0.5) is 11.4 Å². The SMILES string of the molecule is COc1ccc(N)c(NC(=O)C2CCCN(C(=O)Cc3ccccc3)C2)c1.Cl. The van der Waals surface area contributed by atoms with Crippen LogP contribution in [0.5, 0.6) is 5.75 Å². The summed E-state index contributed by atoms with van der Waals surface area (Å²) in [5.41, 5.74) is 7.95. The van der Waals surface area contributed by atoms with Gasteiger partial charge in [-0.25, -0.2) is 0 Å². The van der Waals surface area contributed by atoms with Crippen LogP contribution in [0.25, 0.3) is 0 Å². The number of piperidine rings is 1. The number of rotatable bonds is 5. The van der Waals surface area contributed by atoms with Crippen molar-refractivity contribution in [2.45, 2.75) is 19.3 Å². The van der Waals surface area contributed by atoms with Crippen molar-refractivity contribution in [1.29, 1.82) is 0 Å². The number of hydrogen-bond acceptors (Lipinski definition) is 4. The number of amides is 2. The molecule has 2 amide bonds. The molecule has 0 radical (unpaired) electrons. The highest BCUT2D eigenvalue weighted by molar-refractivity contribution is 5.96. The third kappa shape index (κ3) is 5.39. The molecular weight excluding hydrogens is 378 g/mol. The Morgan fingerprint density at radius 2 is 1.96 bits per heavy atom. The summed E-state index contributed by atoms with van der Waals surface area (Å²) < 4.78 is 5.18. The molecule has 1 unspecified atom stereocenters. The Hall–Kier alpha value is -2.73. The van der Waals surface area contributed by atoms with Crippen LogP contribution in [0.2, 0.25) is 0 Å². The lowest BCUT2D eigenvalue weighted by atomic mass is 9.96. The van der Waals surface area contributed by atoms with Gasteiger partial charge in [-0.3, -0.25) is 9.59 Å². The molecule has 0 aliphatic carbocycles. The largest absolute Gasteiger partial charge is 0.497 e. The van der Waals surface area contributed by atoms with E-state index in [0.29, 0.717) is 36.6 Å². The van der Waals surface area contributed by atoms with Crippen LogP contribution >= 0.6 is 12.4 Å². The lowest BCUT2D eigenvalue weighted by Gasteiger charge is -2.32. The topological polar surface area (TPSA) is 84.7 Å². The summed E-state index contributed by atoms with van der Waals surface area (Å²) in [6, 6.07) is 14.8. The molecule has 1 heterocycles. The van der Waals surface area contributed by atoms with Crippen LogP contribution in [0.1, 0.15) is 18.4 Å². The van der Waals surface area contributed by atoms with Crippen molar-refractivity contribution in [2.24, 2.45) is 5.92 Å². The number of hydrogen-bond donors (Lipinski definition) is 2. The van der Waals surface area contributed by atoms with Crippen LogP contribution < -0.4 is 15.8 Å². The van der Waals surface area contributed by atoms with Gasteiger partial charge in [0.2, 0.25) is 11.8 Å². The monoisotopic (exact) mass is 403 g/mol. The summed E-state index contributed by atoms with van der Waals surface area (Å²) >= 11 is 0. The lowest BCUT2D eigenvalue weighted by Crippen LogP contribution is -2.44. The molecule has 0 aromatic heterocycles. The minimum absolute atomic E-state index is 0. The van der Waals surface area contributed by atoms with Crippen molar-refractivity contribution in [3.05, 3.63) is 54.1 Å². The average Bonchev–Trinajstić information content (AvgIpc) is 2.70. The summed E-state index contributed by atoms with van der Waals surface area (Å²) in [7, 11) is 1.56. The zero-order valence-corrected chi connectivity index (χ0v) is 16.7. The molecule has 0 bridgehead atoms. The van der Waals surface area contributed by atoms with Crippen molar-refractivity contribution in [3.8, 4) is 5.75 Å². The molecule has 0 spiro atoms. The van der Waals surface area contributed by atoms with Crippen molar-refractivity contribution < 1.29 is 14.3 Å². The molecule has 1 saturated heterocycles. The number of carbonyl (C=O) groups excluding carboxylic acids is 2. The Morgan fingerprint density at radius 1 is 1.21 bits per heavy atom. The molecule has 1 aliphatic heterocycles. The number of nitrogens with two attached hydrogens (primary N) is 1. The average molecular weight is 404 g/mol. The van der Waals surface area contributed by atoms with E-state index in [0.717, 1.165) is 18.4 Å². The van der Waals surface area contributed by atoms with E-state index in [1.54, 1.807) is 30.2 Å². The molecule has 3 rings (SSSR count). The van der Waals surface area contributed by atoms with Gasteiger partial charge >= 0.3 is 0 Å². The van der Waals surface area contributed by atoms with Gasteiger partial charge in [-0.05, 0) is 30.5 Å². The second-order valence-electron chi connectivity index (χ2n) is 6.78. The number of carbonyl (C=O) groups is 2. The molecule has 1 fully saturated rings. The van der Waals surface area contributed by atoms with Crippen LogP contribution in [0.3, 0.4) is 0 Å². The summed E-state index contributed by atoms with van der Waals surface area (Å²) in [5, 5.41) is 2.88. The van der Waals surface area contributed by atoms with Gasteiger partial charge < -0.3 is 20.7 Å². The van der Waals surface area contributed by atoms with E-state index in [4.69, 9.17) is 10.5 Å². The highest BCUT2D eigenvalue weighted by atomic mass is 35.5. The maximum atomic E-state index is 12.7. The van der Waals surface area contributed by atoms with E-state index >= 15 is 0 Å². The van der Waals surface area contributed by atoms with Gasteiger partial charge in [0.25, 0.3) is 0 Å². The van der Waals surface area contributed by atoms with Crippen molar-refractivity contribution >= 4 is 35.6 Å². The quantitative estimate of drug-likeness (QED) is 0.751. The van der Waals surface area contributed by atoms with Gasteiger partial charge in [-0.15, -0.1) is 12.4 Å². The molecule has 28 heavy (non-hydrogen) atoms. The van der Waals surface area contributed by atoms with Gasteiger partial charge in [0, 0.05) is 19.2 Å². The fourth-order valence-corrected chi connectivity index (χ4v) is 3.31. The summed E-state index contributed by atoms with van der Waals surface area (Å²) in [5.74, 6) is 0.318. The third-order valence-electron chi connectivity index (χ3n) is 4.86. The van der Waals surface area contributed by atoms with E-state index in [9.17, 15) is 9.59 Å². The van der Waals surface area contributed by atoms with Crippen molar-refractivity contribution in [2.75, 3.05) is 31.2 Å². The number of methoxy groups -OCH3 is 1. The first-order valence-corrected chi connectivity index (χ1v) is 9.13. The first-order chi connectivity index (χ1) is 13.1. The number of halogens is 1. The molecule has 6 nitrogen and oxygen atoms in total. The van der Waals surface area contributed by atoms with E-state index in [1.807, 2.05) is 30.3 Å². The smallest absolute Gasteiger partial charge is 0.229 e. The molecule has 3 N–H and O–H groups in total. The standard InChI is InChI=1S/C21H25N3O3.ClH/c1-27-17-9-10-18(22)19(13-17)23-21(26)16-8-5-11-24(14-16)20(25)12-15-6-3-2-4-7-15;/h2-4,6-7,9-10,13,16H,5,8,11-12,14,22H2,1H3,(H,23,26);1H. The van der Waals surface area contributed by atoms with E-state index in [1.165, 1.54) is 0 Å². The third-order valence-corrected chi connectivity index (χ3v) is 4.86. The first-order valence-electron chi connectivity index (χ1n) is 9.13. The molecule has 2 aromatic carbocycles. The van der Waals surface area contributed by atoms with Gasteiger partial charge in [-0.2, -0.15) is 0 Å². The van der Waals surface area contributed by atoms with Crippen LogP contribution in [-0.4, -0.2) is 36.9 Å².